The van der Waals surface area contributed by atoms with Crippen LogP contribution in [0.5, 0.6) is 5.75 Å². The fourth-order valence-electron chi connectivity index (χ4n) is 1.98. The van der Waals surface area contributed by atoms with E-state index >= 15 is 0 Å². The number of carbonyl (C=O) groups excluding carboxylic acids is 1. The molecule has 6 nitrogen and oxygen atoms in total. The molecule has 1 aromatic carbocycles. The summed E-state index contributed by atoms with van der Waals surface area (Å²) in [6.45, 7) is 0.149. The summed E-state index contributed by atoms with van der Waals surface area (Å²) in [5.74, 6) is -2.51. The Bertz CT molecular complexity index is 540. The zero-order valence-corrected chi connectivity index (χ0v) is 10.8. The van der Waals surface area contributed by atoms with Gasteiger partial charge in [-0.25, -0.2) is 9.18 Å². The molecule has 1 aromatic rings. The van der Waals surface area contributed by atoms with Crippen molar-refractivity contribution in [3.05, 3.63) is 29.6 Å². The number of carbonyl (C=O) groups is 2. The number of rotatable bonds is 4. The van der Waals surface area contributed by atoms with Crippen LogP contribution >= 0.6 is 0 Å². The predicted molar refractivity (Wildman–Crippen MR) is 66.2 cm³/mol. The van der Waals surface area contributed by atoms with Gasteiger partial charge in [-0.05, 0) is 18.2 Å². The van der Waals surface area contributed by atoms with E-state index in [2.05, 4.69) is 5.32 Å². The molecular weight excluding hydrogens is 269 g/mol. The van der Waals surface area contributed by atoms with Crippen LogP contribution in [0.4, 0.5) is 4.39 Å². The average Bonchev–Trinajstić information content (AvgIpc) is 2.88. The first-order valence-electron chi connectivity index (χ1n) is 5.96. The Hall–Kier alpha value is -2.15. The van der Waals surface area contributed by atoms with Gasteiger partial charge in [0.2, 0.25) is 0 Å². The van der Waals surface area contributed by atoms with Crippen molar-refractivity contribution in [2.24, 2.45) is 0 Å². The van der Waals surface area contributed by atoms with Crippen molar-refractivity contribution in [3.63, 3.8) is 0 Å². The number of carboxylic acid groups (broad SMARTS) is 1. The van der Waals surface area contributed by atoms with Crippen molar-refractivity contribution in [2.75, 3.05) is 20.3 Å². The third kappa shape index (κ3) is 2.57. The smallest absolute Gasteiger partial charge is 0.331 e. The third-order valence-electron chi connectivity index (χ3n) is 3.20. The maximum Gasteiger partial charge on any atom is 0.331 e. The van der Waals surface area contributed by atoms with Crippen LogP contribution in [0.2, 0.25) is 0 Å². The number of ether oxygens (including phenoxy) is 2. The van der Waals surface area contributed by atoms with Crippen LogP contribution in [-0.2, 0) is 9.53 Å². The minimum Gasteiger partial charge on any atom is -0.494 e. The summed E-state index contributed by atoms with van der Waals surface area (Å²) in [7, 11) is 1.31. The molecule has 0 spiro atoms. The van der Waals surface area contributed by atoms with Crippen LogP contribution in [0.1, 0.15) is 16.8 Å². The second kappa shape index (κ2) is 5.46. The molecule has 1 aliphatic rings. The summed E-state index contributed by atoms with van der Waals surface area (Å²) < 4.78 is 23.3. The van der Waals surface area contributed by atoms with Gasteiger partial charge < -0.3 is 19.9 Å². The first kappa shape index (κ1) is 14.3. The summed E-state index contributed by atoms with van der Waals surface area (Å²) in [5.41, 5.74) is -1.43. The standard InChI is InChI=1S/C13H14FNO5/c1-19-10-3-2-8(6-9(10)14)11(16)15-13(12(17)18)4-5-20-7-13/h2-3,6H,4-5,7H2,1H3,(H,15,16)(H,17,18). The lowest BCUT2D eigenvalue weighted by molar-refractivity contribution is -0.144. The highest BCUT2D eigenvalue weighted by Gasteiger charge is 2.44. The molecule has 1 fully saturated rings. The highest BCUT2D eigenvalue weighted by molar-refractivity contribution is 5.98. The number of carboxylic acids is 1. The Balaban J connectivity index is 2.19. The van der Waals surface area contributed by atoms with Crippen LogP contribution in [0.25, 0.3) is 0 Å². The van der Waals surface area contributed by atoms with E-state index in [1.807, 2.05) is 0 Å². The minimum atomic E-state index is -1.45. The van der Waals surface area contributed by atoms with E-state index < -0.39 is 23.2 Å². The molecule has 0 radical (unpaired) electrons. The maximum absolute atomic E-state index is 13.5. The quantitative estimate of drug-likeness (QED) is 0.854. The highest BCUT2D eigenvalue weighted by Crippen LogP contribution is 2.21. The fourth-order valence-corrected chi connectivity index (χ4v) is 1.98. The van der Waals surface area contributed by atoms with Gasteiger partial charge in [0, 0.05) is 18.6 Å². The number of benzene rings is 1. The molecule has 7 heteroatoms. The predicted octanol–water partition coefficient (Wildman–Crippen LogP) is 0.808. The van der Waals surface area contributed by atoms with Crippen LogP contribution in [-0.4, -0.2) is 42.8 Å². The van der Waals surface area contributed by atoms with E-state index in [0.717, 1.165) is 6.07 Å². The molecule has 1 heterocycles. The largest absolute Gasteiger partial charge is 0.494 e. The third-order valence-corrected chi connectivity index (χ3v) is 3.20. The van der Waals surface area contributed by atoms with E-state index in [-0.39, 0.29) is 30.9 Å². The minimum absolute atomic E-state index is 0.0127. The number of methoxy groups -OCH3 is 1. The lowest BCUT2D eigenvalue weighted by atomic mass is 9.98. The molecule has 0 aromatic heterocycles. The zero-order valence-electron chi connectivity index (χ0n) is 10.8. The Labute approximate surface area is 114 Å². The first-order valence-corrected chi connectivity index (χ1v) is 5.96. The van der Waals surface area contributed by atoms with Crippen molar-refractivity contribution in [2.45, 2.75) is 12.0 Å². The summed E-state index contributed by atoms with van der Waals surface area (Å²) in [4.78, 5) is 23.3. The molecule has 0 bridgehead atoms. The van der Waals surface area contributed by atoms with Gasteiger partial charge in [-0.1, -0.05) is 0 Å². The molecule has 1 atom stereocenters. The van der Waals surface area contributed by atoms with Crippen molar-refractivity contribution in [1.82, 2.24) is 5.32 Å². The summed E-state index contributed by atoms with van der Waals surface area (Å²) >= 11 is 0. The number of halogens is 1. The fraction of sp³-hybridized carbons (Fsp3) is 0.385. The Morgan fingerprint density at radius 3 is 2.75 bits per heavy atom. The van der Waals surface area contributed by atoms with Crippen LogP contribution in [0.15, 0.2) is 18.2 Å². The number of hydrogen-bond donors (Lipinski definition) is 2. The normalized spacial score (nSPS) is 21.5. The lowest BCUT2D eigenvalue weighted by Gasteiger charge is -2.23. The monoisotopic (exact) mass is 283 g/mol. The molecule has 1 amide bonds. The van der Waals surface area contributed by atoms with Crippen molar-refractivity contribution < 1.29 is 28.6 Å². The molecule has 2 N–H and O–H groups in total. The summed E-state index contributed by atoms with van der Waals surface area (Å²) in [6, 6.07) is 3.67. The van der Waals surface area contributed by atoms with Gasteiger partial charge >= 0.3 is 5.97 Å². The molecule has 1 saturated heterocycles. The maximum atomic E-state index is 13.5. The zero-order chi connectivity index (χ0) is 14.8. The molecule has 0 saturated carbocycles. The number of nitrogens with one attached hydrogen (secondary N) is 1. The second-order valence-corrected chi connectivity index (χ2v) is 4.49. The SMILES string of the molecule is COc1ccc(C(=O)NC2(C(=O)O)CCOC2)cc1F. The van der Waals surface area contributed by atoms with Crippen molar-refractivity contribution >= 4 is 11.9 Å². The van der Waals surface area contributed by atoms with Gasteiger partial charge in [-0.15, -0.1) is 0 Å². The topological polar surface area (TPSA) is 84.9 Å². The van der Waals surface area contributed by atoms with Crippen LogP contribution < -0.4 is 10.1 Å². The van der Waals surface area contributed by atoms with Crippen molar-refractivity contribution in [1.29, 1.82) is 0 Å². The molecule has 20 heavy (non-hydrogen) atoms. The molecule has 2 rings (SSSR count). The van der Waals surface area contributed by atoms with Gasteiger partial charge in [0.25, 0.3) is 5.91 Å². The van der Waals surface area contributed by atoms with E-state index in [1.54, 1.807) is 0 Å². The van der Waals surface area contributed by atoms with Gasteiger partial charge in [-0.3, -0.25) is 4.79 Å². The summed E-state index contributed by atoms with van der Waals surface area (Å²) in [5, 5.41) is 11.6. The second-order valence-electron chi connectivity index (χ2n) is 4.49. The van der Waals surface area contributed by atoms with Crippen LogP contribution in [0.3, 0.4) is 0 Å². The van der Waals surface area contributed by atoms with E-state index in [0.29, 0.717) is 0 Å². The van der Waals surface area contributed by atoms with Gasteiger partial charge in [0.1, 0.15) is 0 Å². The molecule has 0 aliphatic carbocycles. The van der Waals surface area contributed by atoms with Gasteiger partial charge in [0.15, 0.2) is 17.1 Å². The molecular formula is C13H14FNO5. The van der Waals surface area contributed by atoms with E-state index in [1.165, 1.54) is 19.2 Å². The molecule has 1 aliphatic heterocycles. The average molecular weight is 283 g/mol. The van der Waals surface area contributed by atoms with E-state index in [4.69, 9.17) is 9.47 Å². The van der Waals surface area contributed by atoms with Gasteiger partial charge in [-0.2, -0.15) is 0 Å². The Kier molecular flexibility index (Phi) is 3.89. The Morgan fingerprint density at radius 2 is 2.25 bits per heavy atom. The number of amides is 1. The molecule has 108 valence electrons. The first-order chi connectivity index (χ1) is 9.48. The number of hydrogen-bond acceptors (Lipinski definition) is 4. The van der Waals surface area contributed by atoms with Crippen molar-refractivity contribution in [3.8, 4) is 5.75 Å². The Morgan fingerprint density at radius 1 is 1.50 bits per heavy atom. The highest BCUT2D eigenvalue weighted by atomic mass is 19.1. The summed E-state index contributed by atoms with van der Waals surface area (Å²) in [6.07, 6.45) is 0.173. The number of aliphatic carboxylic acids is 1. The van der Waals surface area contributed by atoms with Gasteiger partial charge in [0.05, 0.1) is 13.7 Å². The lowest BCUT2D eigenvalue weighted by Crippen LogP contribution is -2.55. The van der Waals surface area contributed by atoms with E-state index in [9.17, 15) is 19.1 Å². The molecule has 1 unspecified atom stereocenters. The van der Waals surface area contributed by atoms with Crippen LogP contribution in [0, 0.1) is 5.82 Å².